The van der Waals surface area contributed by atoms with Crippen molar-refractivity contribution in [2.75, 3.05) is 0 Å². The van der Waals surface area contributed by atoms with E-state index in [1.54, 1.807) is 0 Å². The Morgan fingerprint density at radius 3 is 2.53 bits per heavy atom. The Morgan fingerprint density at radius 1 is 1.00 bits per heavy atom. The Bertz CT molecular complexity index is 587. The smallest absolute Gasteiger partial charge is 0.120 e. The molecule has 84 valence electrons. The first-order valence-corrected chi connectivity index (χ1v) is 5.89. The molecule has 1 atom stereocenters. The quantitative estimate of drug-likeness (QED) is 0.787. The van der Waals surface area contributed by atoms with E-state index in [9.17, 15) is 5.11 Å². The lowest BCUT2D eigenvalue weighted by Gasteiger charge is -2.10. The molecule has 1 aliphatic rings. The number of allylic oxidation sites excluding steroid dienone is 1. The molecule has 0 saturated carbocycles. The molecule has 0 heterocycles. The third kappa shape index (κ3) is 1.73. The van der Waals surface area contributed by atoms with Crippen molar-refractivity contribution in [3.05, 3.63) is 76.3 Å². The van der Waals surface area contributed by atoms with E-state index in [0.717, 1.165) is 11.1 Å². The molecular formula is C15H11ClO. The first-order chi connectivity index (χ1) is 8.25. The maximum absolute atomic E-state index is 9.94. The number of aliphatic hydroxyl groups excluding tert-OH is 1. The minimum atomic E-state index is 0.128. The third-order valence-electron chi connectivity index (χ3n) is 3.11. The Morgan fingerprint density at radius 2 is 1.76 bits per heavy atom. The van der Waals surface area contributed by atoms with Gasteiger partial charge in [0, 0.05) is 16.5 Å². The van der Waals surface area contributed by atoms with Crippen molar-refractivity contribution in [2.24, 2.45) is 0 Å². The molecule has 1 unspecified atom stereocenters. The van der Waals surface area contributed by atoms with Crippen LogP contribution in [0.1, 0.15) is 22.6 Å². The highest BCUT2D eigenvalue weighted by Gasteiger charge is 2.24. The zero-order valence-electron chi connectivity index (χ0n) is 9.10. The van der Waals surface area contributed by atoms with Gasteiger partial charge in [-0.2, -0.15) is 0 Å². The lowest BCUT2D eigenvalue weighted by Crippen LogP contribution is -1.95. The molecule has 2 heteroatoms. The van der Waals surface area contributed by atoms with E-state index in [0.29, 0.717) is 10.8 Å². The van der Waals surface area contributed by atoms with E-state index in [1.807, 2.05) is 42.5 Å². The normalized spacial score (nSPS) is 17.7. The summed E-state index contributed by atoms with van der Waals surface area (Å²) in [5.41, 5.74) is 3.13. The highest BCUT2D eigenvalue weighted by atomic mass is 35.5. The number of fused-ring (bicyclic) bond motifs is 1. The van der Waals surface area contributed by atoms with Gasteiger partial charge in [-0.3, -0.25) is 0 Å². The van der Waals surface area contributed by atoms with Gasteiger partial charge in [-0.15, -0.1) is 0 Å². The van der Waals surface area contributed by atoms with Gasteiger partial charge in [0.1, 0.15) is 5.76 Å². The molecule has 17 heavy (non-hydrogen) atoms. The highest BCUT2D eigenvalue weighted by Crippen LogP contribution is 2.39. The fourth-order valence-electron chi connectivity index (χ4n) is 2.30. The van der Waals surface area contributed by atoms with E-state index < -0.39 is 0 Å². The van der Waals surface area contributed by atoms with Gasteiger partial charge >= 0.3 is 0 Å². The number of rotatable bonds is 1. The second kappa shape index (κ2) is 3.94. The molecule has 0 aromatic heterocycles. The van der Waals surface area contributed by atoms with Crippen LogP contribution in [0.5, 0.6) is 0 Å². The monoisotopic (exact) mass is 242 g/mol. The van der Waals surface area contributed by atoms with Gasteiger partial charge in [0.25, 0.3) is 0 Å². The molecular weight excluding hydrogens is 232 g/mol. The second-order valence-electron chi connectivity index (χ2n) is 4.17. The van der Waals surface area contributed by atoms with Crippen LogP contribution < -0.4 is 0 Å². The Labute approximate surface area is 105 Å². The van der Waals surface area contributed by atoms with Crippen LogP contribution in [0.3, 0.4) is 0 Å². The lowest BCUT2D eigenvalue weighted by molar-refractivity contribution is 0.513. The van der Waals surface area contributed by atoms with Gasteiger partial charge in [-0.1, -0.05) is 48.0 Å². The predicted octanol–water partition coefficient (Wildman–Crippen LogP) is 4.38. The number of benzene rings is 2. The molecule has 3 rings (SSSR count). The van der Waals surface area contributed by atoms with Gasteiger partial charge in [-0.25, -0.2) is 0 Å². The minimum Gasteiger partial charge on any atom is -0.508 e. The van der Waals surface area contributed by atoms with Crippen molar-refractivity contribution in [2.45, 2.75) is 5.92 Å². The molecule has 1 N–H and O–H groups in total. The molecule has 1 aliphatic carbocycles. The molecule has 2 aromatic rings. The number of halogens is 1. The number of aliphatic hydroxyl groups is 1. The summed E-state index contributed by atoms with van der Waals surface area (Å²) < 4.78 is 0. The van der Waals surface area contributed by atoms with E-state index >= 15 is 0 Å². The van der Waals surface area contributed by atoms with Crippen LogP contribution >= 0.6 is 11.6 Å². The van der Waals surface area contributed by atoms with E-state index in [4.69, 9.17) is 11.6 Å². The van der Waals surface area contributed by atoms with Gasteiger partial charge in [0.05, 0.1) is 0 Å². The SMILES string of the molecule is OC1=CC(c2ccccc2)c2ccc(Cl)cc21. The van der Waals surface area contributed by atoms with Crippen LogP contribution in [0.2, 0.25) is 5.02 Å². The largest absolute Gasteiger partial charge is 0.508 e. The fourth-order valence-corrected chi connectivity index (χ4v) is 2.47. The van der Waals surface area contributed by atoms with Crippen LogP contribution in [0.25, 0.3) is 5.76 Å². The van der Waals surface area contributed by atoms with Crippen molar-refractivity contribution in [3.63, 3.8) is 0 Å². The summed E-state index contributed by atoms with van der Waals surface area (Å²) in [6.45, 7) is 0. The van der Waals surface area contributed by atoms with E-state index in [2.05, 4.69) is 12.1 Å². The Kier molecular flexibility index (Phi) is 2.41. The zero-order chi connectivity index (χ0) is 11.8. The van der Waals surface area contributed by atoms with Crippen molar-refractivity contribution in [1.29, 1.82) is 0 Å². The summed E-state index contributed by atoms with van der Waals surface area (Å²) in [4.78, 5) is 0. The van der Waals surface area contributed by atoms with Crippen LogP contribution in [0.15, 0.2) is 54.6 Å². The van der Waals surface area contributed by atoms with Crippen molar-refractivity contribution in [1.82, 2.24) is 0 Å². The van der Waals surface area contributed by atoms with Gasteiger partial charge in [-0.05, 0) is 29.3 Å². The van der Waals surface area contributed by atoms with Crippen LogP contribution in [0.4, 0.5) is 0 Å². The molecule has 0 fully saturated rings. The van der Waals surface area contributed by atoms with Crippen molar-refractivity contribution >= 4 is 17.4 Å². The number of hydrogen-bond acceptors (Lipinski definition) is 1. The summed E-state index contributed by atoms with van der Waals surface area (Å²) in [6, 6.07) is 15.8. The third-order valence-corrected chi connectivity index (χ3v) is 3.34. The summed E-state index contributed by atoms with van der Waals surface area (Å²) in [5.74, 6) is 0.444. The first kappa shape index (κ1) is 10.4. The maximum Gasteiger partial charge on any atom is 0.120 e. The average Bonchev–Trinajstić information content (AvgIpc) is 2.68. The fraction of sp³-hybridized carbons (Fsp3) is 0.0667. The molecule has 0 radical (unpaired) electrons. The average molecular weight is 243 g/mol. The topological polar surface area (TPSA) is 20.2 Å². The summed E-state index contributed by atoms with van der Waals surface area (Å²) in [5, 5.41) is 10.6. The number of hydrogen-bond donors (Lipinski definition) is 1. The summed E-state index contributed by atoms with van der Waals surface area (Å²) in [6.07, 6.45) is 1.87. The summed E-state index contributed by atoms with van der Waals surface area (Å²) >= 11 is 5.94. The van der Waals surface area contributed by atoms with Crippen molar-refractivity contribution in [3.8, 4) is 0 Å². The molecule has 0 bridgehead atoms. The molecule has 0 spiro atoms. The molecule has 1 nitrogen and oxygen atoms in total. The van der Waals surface area contributed by atoms with E-state index in [-0.39, 0.29) is 5.92 Å². The lowest BCUT2D eigenvalue weighted by atomic mass is 9.93. The highest BCUT2D eigenvalue weighted by molar-refractivity contribution is 6.30. The zero-order valence-corrected chi connectivity index (χ0v) is 9.85. The molecule has 0 saturated heterocycles. The Balaban J connectivity index is 2.13. The van der Waals surface area contributed by atoms with Crippen molar-refractivity contribution < 1.29 is 5.11 Å². The molecule has 0 amide bonds. The second-order valence-corrected chi connectivity index (χ2v) is 4.61. The van der Waals surface area contributed by atoms with Crippen LogP contribution in [0, 0.1) is 0 Å². The van der Waals surface area contributed by atoms with Gasteiger partial charge < -0.3 is 5.11 Å². The minimum absolute atomic E-state index is 0.128. The maximum atomic E-state index is 9.94. The first-order valence-electron chi connectivity index (χ1n) is 5.51. The van der Waals surface area contributed by atoms with Gasteiger partial charge in [0.15, 0.2) is 0 Å². The van der Waals surface area contributed by atoms with Crippen LogP contribution in [-0.4, -0.2) is 5.11 Å². The summed E-state index contributed by atoms with van der Waals surface area (Å²) in [7, 11) is 0. The molecule has 0 aliphatic heterocycles. The predicted molar refractivity (Wildman–Crippen MR) is 70.3 cm³/mol. The van der Waals surface area contributed by atoms with Crippen LogP contribution in [-0.2, 0) is 0 Å². The standard InChI is InChI=1S/C15H11ClO/c16-11-6-7-12-13(9-15(17)14(12)8-11)10-4-2-1-3-5-10/h1-9,13,17H. The van der Waals surface area contributed by atoms with Gasteiger partial charge in [0.2, 0.25) is 0 Å². The van der Waals surface area contributed by atoms with E-state index in [1.165, 1.54) is 5.56 Å². The Hall–Kier alpha value is -1.73. The molecule has 2 aromatic carbocycles.